The Balaban J connectivity index is 2.89. The molecule has 0 bridgehead atoms. The normalized spacial score (nSPS) is 10.7. The number of carboxylic acid groups (broad SMARTS) is 1. The van der Waals surface area contributed by atoms with E-state index >= 15 is 0 Å². The Bertz CT molecular complexity index is 523. The van der Waals surface area contributed by atoms with E-state index < -0.39 is 23.2 Å². The molecule has 0 atom stereocenters. The van der Waals surface area contributed by atoms with Gasteiger partial charge in [0.25, 0.3) is 0 Å². The molecular weight excluding hydrogens is 212 g/mol. The van der Waals surface area contributed by atoms with Crippen LogP contribution in [0.4, 0.5) is 8.78 Å². The van der Waals surface area contributed by atoms with Gasteiger partial charge >= 0.3 is 5.97 Å². The number of halogens is 2. The summed E-state index contributed by atoms with van der Waals surface area (Å²) in [6.45, 7) is 0. The summed E-state index contributed by atoms with van der Waals surface area (Å²) in [5.74, 6) is -3.78. The van der Waals surface area contributed by atoms with Gasteiger partial charge < -0.3 is 5.11 Å². The first kappa shape index (κ1) is 9.01. The van der Waals surface area contributed by atoms with Crippen molar-refractivity contribution in [2.75, 3.05) is 0 Å². The summed E-state index contributed by atoms with van der Waals surface area (Å²) in [4.78, 5) is 14.2. The Hall–Kier alpha value is -1.56. The number of carbonyl (C=O) groups is 1. The predicted octanol–water partition coefficient (Wildman–Crippen LogP) is 2.27. The molecule has 2 rings (SSSR count). The highest BCUT2D eigenvalue weighted by atomic mass is 32.1. The second kappa shape index (κ2) is 2.98. The van der Waals surface area contributed by atoms with Gasteiger partial charge in [-0.3, -0.25) is 0 Å². The first-order valence-electron chi connectivity index (χ1n) is 3.55. The van der Waals surface area contributed by atoms with E-state index in [1.54, 1.807) is 0 Å². The van der Waals surface area contributed by atoms with Gasteiger partial charge in [-0.05, 0) is 0 Å². The van der Waals surface area contributed by atoms with Crippen LogP contribution in [0.3, 0.4) is 0 Å². The average Bonchev–Trinajstić information content (AvgIpc) is 2.50. The molecule has 0 amide bonds. The lowest BCUT2D eigenvalue weighted by Gasteiger charge is -1.99. The van der Waals surface area contributed by atoms with Crippen LogP contribution in [0.5, 0.6) is 0 Å². The molecule has 0 aliphatic rings. The third-order valence-corrected chi connectivity index (χ3v) is 2.56. The monoisotopic (exact) mass is 215 g/mol. The zero-order valence-electron chi connectivity index (χ0n) is 6.62. The third kappa shape index (κ3) is 1.15. The number of carboxylic acids is 1. The number of thiazole rings is 1. The Labute approximate surface area is 80.6 Å². The Morgan fingerprint density at radius 3 is 2.86 bits per heavy atom. The molecular formula is C8H3F2NO2S. The topological polar surface area (TPSA) is 50.2 Å². The lowest BCUT2D eigenvalue weighted by Crippen LogP contribution is -2.04. The second-order valence-corrected chi connectivity index (χ2v) is 3.41. The van der Waals surface area contributed by atoms with Crippen molar-refractivity contribution in [3.63, 3.8) is 0 Å². The zero-order chi connectivity index (χ0) is 10.3. The van der Waals surface area contributed by atoms with Crippen LogP contribution in [0.1, 0.15) is 10.4 Å². The van der Waals surface area contributed by atoms with Gasteiger partial charge in [0.05, 0.1) is 15.7 Å². The summed E-state index contributed by atoms with van der Waals surface area (Å²) in [7, 11) is 0. The molecule has 0 radical (unpaired) electrons. The van der Waals surface area contributed by atoms with Crippen LogP contribution >= 0.6 is 11.3 Å². The smallest absolute Gasteiger partial charge is 0.341 e. The van der Waals surface area contributed by atoms with Crippen molar-refractivity contribution in [2.24, 2.45) is 0 Å². The fourth-order valence-electron chi connectivity index (χ4n) is 1.13. The first-order valence-corrected chi connectivity index (χ1v) is 4.43. The number of fused-ring (bicyclic) bond motifs is 1. The molecule has 0 unspecified atom stereocenters. The van der Waals surface area contributed by atoms with Crippen molar-refractivity contribution in [1.82, 2.24) is 4.98 Å². The fourth-order valence-corrected chi connectivity index (χ4v) is 1.84. The lowest BCUT2D eigenvalue weighted by atomic mass is 10.2. The van der Waals surface area contributed by atoms with Crippen molar-refractivity contribution in [3.05, 3.63) is 28.8 Å². The maximum Gasteiger partial charge on any atom is 0.341 e. The van der Waals surface area contributed by atoms with Crippen LogP contribution in [-0.2, 0) is 0 Å². The number of nitrogens with zero attached hydrogens (tertiary/aromatic N) is 1. The number of aromatic nitrogens is 1. The van der Waals surface area contributed by atoms with Gasteiger partial charge in [-0.1, -0.05) is 0 Å². The molecule has 1 aromatic carbocycles. The molecule has 0 saturated carbocycles. The highest BCUT2D eigenvalue weighted by Crippen LogP contribution is 2.26. The largest absolute Gasteiger partial charge is 0.477 e. The van der Waals surface area contributed by atoms with Crippen molar-refractivity contribution < 1.29 is 18.7 Å². The fraction of sp³-hybridized carbons (Fsp3) is 0. The van der Waals surface area contributed by atoms with Crippen LogP contribution < -0.4 is 0 Å². The van der Waals surface area contributed by atoms with Crippen molar-refractivity contribution in [2.45, 2.75) is 0 Å². The highest BCUT2D eigenvalue weighted by molar-refractivity contribution is 7.16. The first-order chi connectivity index (χ1) is 6.61. The molecule has 1 heterocycles. The molecule has 0 aliphatic carbocycles. The maximum absolute atomic E-state index is 13.4. The molecule has 1 aromatic heterocycles. The SMILES string of the molecule is O=C(O)c1c(F)cc2ncsc2c1F. The Kier molecular flexibility index (Phi) is 1.92. The third-order valence-electron chi connectivity index (χ3n) is 1.73. The summed E-state index contributed by atoms with van der Waals surface area (Å²) in [5, 5.41) is 8.55. The van der Waals surface area contributed by atoms with Crippen molar-refractivity contribution >= 4 is 27.5 Å². The van der Waals surface area contributed by atoms with Gasteiger partial charge in [0.15, 0.2) is 5.82 Å². The number of rotatable bonds is 1. The molecule has 3 nitrogen and oxygen atoms in total. The van der Waals surface area contributed by atoms with E-state index in [1.807, 2.05) is 0 Å². The Morgan fingerprint density at radius 1 is 1.50 bits per heavy atom. The minimum atomic E-state index is -1.62. The maximum atomic E-state index is 13.4. The molecule has 0 aliphatic heterocycles. The van der Waals surface area contributed by atoms with E-state index in [2.05, 4.69) is 4.98 Å². The van der Waals surface area contributed by atoms with Crippen LogP contribution in [0.2, 0.25) is 0 Å². The predicted molar refractivity (Wildman–Crippen MR) is 46.5 cm³/mol. The quantitative estimate of drug-likeness (QED) is 0.793. The van der Waals surface area contributed by atoms with E-state index in [0.29, 0.717) is 0 Å². The van der Waals surface area contributed by atoms with E-state index in [9.17, 15) is 13.6 Å². The van der Waals surface area contributed by atoms with Crippen LogP contribution in [0.15, 0.2) is 11.6 Å². The summed E-state index contributed by atoms with van der Waals surface area (Å²) >= 11 is 0.938. The van der Waals surface area contributed by atoms with E-state index in [4.69, 9.17) is 5.11 Å². The van der Waals surface area contributed by atoms with Gasteiger partial charge in [0.1, 0.15) is 11.4 Å². The van der Waals surface area contributed by atoms with E-state index in [0.717, 1.165) is 17.4 Å². The second-order valence-electron chi connectivity index (χ2n) is 2.55. The number of hydrogen-bond donors (Lipinski definition) is 1. The van der Waals surface area contributed by atoms with E-state index in [-0.39, 0.29) is 10.2 Å². The summed E-state index contributed by atoms with van der Waals surface area (Å²) in [6, 6.07) is 0.915. The molecule has 0 fully saturated rings. The van der Waals surface area contributed by atoms with Crippen molar-refractivity contribution in [3.8, 4) is 0 Å². The molecule has 0 spiro atoms. The number of hydrogen-bond acceptors (Lipinski definition) is 3. The lowest BCUT2D eigenvalue weighted by molar-refractivity contribution is 0.0687. The molecule has 6 heteroatoms. The van der Waals surface area contributed by atoms with Crippen LogP contribution in [-0.4, -0.2) is 16.1 Å². The molecule has 2 aromatic rings. The molecule has 14 heavy (non-hydrogen) atoms. The van der Waals surface area contributed by atoms with Gasteiger partial charge in [-0.25, -0.2) is 18.6 Å². The average molecular weight is 215 g/mol. The van der Waals surface area contributed by atoms with E-state index in [1.165, 1.54) is 5.51 Å². The summed E-state index contributed by atoms with van der Waals surface area (Å²) < 4.78 is 26.5. The minimum absolute atomic E-state index is 0.0591. The molecule has 72 valence electrons. The minimum Gasteiger partial charge on any atom is -0.477 e. The number of aromatic carboxylic acids is 1. The molecule has 0 saturated heterocycles. The van der Waals surface area contributed by atoms with Gasteiger partial charge in [-0.2, -0.15) is 0 Å². The van der Waals surface area contributed by atoms with Gasteiger partial charge in [-0.15, -0.1) is 11.3 Å². The Morgan fingerprint density at radius 2 is 2.21 bits per heavy atom. The van der Waals surface area contributed by atoms with Gasteiger partial charge in [0.2, 0.25) is 0 Å². The summed E-state index contributed by atoms with van der Waals surface area (Å²) in [5.41, 5.74) is 0.537. The molecule has 1 N–H and O–H groups in total. The highest BCUT2D eigenvalue weighted by Gasteiger charge is 2.20. The van der Waals surface area contributed by atoms with Crippen LogP contribution in [0, 0.1) is 11.6 Å². The van der Waals surface area contributed by atoms with Gasteiger partial charge in [0, 0.05) is 6.07 Å². The summed E-state index contributed by atoms with van der Waals surface area (Å²) in [6.07, 6.45) is 0. The zero-order valence-corrected chi connectivity index (χ0v) is 7.44. The standard InChI is InChI=1S/C8H3F2NO2S/c9-3-1-4-7(14-2-11-4)6(10)5(3)8(12)13/h1-2H,(H,12,13). The van der Waals surface area contributed by atoms with Crippen molar-refractivity contribution in [1.29, 1.82) is 0 Å². The number of benzene rings is 1. The van der Waals surface area contributed by atoms with Crippen LogP contribution in [0.25, 0.3) is 10.2 Å².